The van der Waals surface area contributed by atoms with E-state index in [0.29, 0.717) is 5.56 Å². The van der Waals surface area contributed by atoms with Gasteiger partial charge in [0.05, 0.1) is 5.41 Å². The lowest BCUT2D eigenvalue weighted by atomic mass is 9.49. The zero-order valence-corrected chi connectivity index (χ0v) is 15.9. The van der Waals surface area contributed by atoms with E-state index < -0.39 is 0 Å². The molecule has 0 heterocycles. The third-order valence-corrected chi connectivity index (χ3v) is 6.91. The van der Waals surface area contributed by atoms with Gasteiger partial charge in [0.1, 0.15) is 0 Å². The Hall–Kier alpha value is -1.84. The molecule has 1 aromatic carbocycles. The van der Waals surface area contributed by atoms with Gasteiger partial charge in [-0.1, -0.05) is 6.92 Å². The highest BCUT2D eigenvalue weighted by molar-refractivity contribution is 5.97. The lowest BCUT2D eigenvalue weighted by Crippen LogP contribution is -2.51. The average molecular weight is 354 g/mol. The van der Waals surface area contributed by atoms with Gasteiger partial charge >= 0.3 is 0 Å². The van der Waals surface area contributed by atoms with Gasteiger partial charge in [0.2, 0.25) is 5.91 Å². The Bertz CT molecular complexity index is 659. The van der Waals surface area contributed by atoms with Gasteiger partial charge in [-0.2, -0.15) is 0 Å². The van der Waals surface area contributed by atoms with E-state index in [2.05, 4.69) is 10.6 Å². The molecule has 4 aliphatic carbocycles. The van der Waals surface area contributed by atoms with Crippen LogP contribution >= 0.6 is 0 Å². The maximum Gasteiger partial charge on any atom is 0.251 e. The van der Waals surface area contributed by atoms with E-state index in [-0.39, 0.29) is 23.3 Å². The highest BCUT2D eigenvalue weighted by Crippen LogP contribution is 2.60. The number of hydrogen-bond donors (Lipinski definition) is 2. The van der Waals surface area contributed by atoms with E-state index in [0.717, 1.165) is 49.1 Å². The fourth-order valence-electron chi connectivity index (χ4n) is 5.77. The van der Waals surface area contributed by atoms with Crippen molar-refractivity contribution in [1.82, 2.24) is 5.32 Å². The molecule has 5 rings (SSSR count). The summed E-state index contributed by atoms with van der Waals surface area (Å²) >= 11 is 0. The standard InChI is InChI=1S/C22H30N2O2/c1-3-14(2)23-20(25)18-4-6-19(7-5-18)24-21(26)22-11-15-8-16(12-22)10-17(9-15)13-22/h4-7,14-17H,3,8-13H2,1-2H3,(H,23,25)(H,24,26). The Morgan fingerprint density at radius 2 is 1.58 bits per heavy atom. The number of rotatable bonds is 5. The van der Waals surface area contributed by atoms with Crippen LogP contribution in [0.1, 0.15) is 69.2 Å². The number of anilines is 1. The largest absolute Gasteiger partial charge is 0.350 e. The fourth-order valence-corrected chi connectivity index (χ4v) is 5.77. The van der Waals surface area contributed by atoms with Crippen LogP contribution in [0.15, 0.2) is 24.3 Å². The number of hydrogen-bond acceptors (Lipinski definition) is 2. The van der Waals surface area contributed by atoms with Crippen molar-refractivity contribution in [2.45, 2.75) is 64.8 Å². The van der Waals surface area contributed by atoms with Crippen molar-refractivity contribution >= 4 is 17.5 Å². The van der Waals surface area contributed by atoms with E-state index in [1.165, 1.54) is 19.3 Å². The molecule has 4 heteroatoms. The number of benzene rings is 1. The van der Waals surface area contributed by atoms with Gasteiger partial charge in [0.15, 0.2) is 0 Å². The molecule has 2 amide bonds. The normalized spacial score (nSPS) is 32.9. The quantitative estimate of drug-likeness (QED) is 0.825. The molecular formula is C22H30N2O2. The van der Waals surface area contributed by atoms with Crippen molar-refractivity contribution in [2.24, 2.45) is 23.2 Å². The number of carbonyl (C=O) groups excluding carboxylic acids is 2. The van der Waals surface area contributed by atoms with Gasteiger partial charge in [-0.25, -0.2) is 0 Å². The lowest BCUT2D eigenvalue weighted by molar-refractivity contribution is -0.140. The SMILES string of the molecule is CCC(C)NC(=O)c1ccc(NC(=O)C23CC4CC(CC(C4)C2)C3)cc1. The summed E-state index contributed by atoms with van der Waals surface area (Å²) < 4.78 is 0. The highest BCUT2D eigenvalue weighted by Gasteiger charge is 2.54. The van der Waals surface area contributed by atoms with Crippen molar-refractivity contribution < 1.29 is 9.59 Å². The maximum absolute atomic E-state index is 13.1. The van der Waals surface area contributed by atoms with Crippen molar-refractivity contribution in [3.63, 3.8) is 0 Å². The second-order valence-electron chi connectivity index (χ2n) is 9.01. The van der Waals surface area contributed by atoms with Crippen molar-refractivity contribution in [3.8, 4) is 0 Å². The molecular weight excluding hydrogens is 324 g/mol. The minimum absolute atomic E-state index is 0.0571. The second kappa shape index (κ2) is 6.71. The molecule has 1 aromatic rings. The van der Waals surface area contributed by atoms with Crippen LogP contribution in [0.3, 0.4) is 0 Å². The number of amides is 2. The summed E-state index contributed by atoms with van der Waals surface area (Å²) in [5.74, 6) is 2.43. The first-order chi connectivity index (χ1) is 12.5. The summed E-state index contributed by atoms with van der Waals surface area (Å²) in [4.78, 5) is 25.3. The average Bonchev–Trinajstić information content (AvgIpc) is 2.61. The molecule has 4 saturated carbocycles. The Balaban J connectivity index is 1.41. The molecule has 4 fully saturated rings. The topological polar surface area (TPSA) is 58.2 Å². The summed E-state index contributed by atoms with van der Waals surface area (Å²) in [6.07, 6.45) is 8.14. The van der Waals surface area contributed by atoms with Crippen molar-refractivity contribution in [2.75, 3.05) is 5.32 Å². The van der Waals surface area contributed by atoms with E-state index in [1.807, 2.05) is 26.0 Å². The lowest BCUT2D eigenvalue weighted by Gasteiger charge is -2.55. The Kier molecular flexibility index (Phi) is 4.54. The third kappa shape index (κ3) is 3.26. The van der Waals surface area contributed by atoms with E-state index in [4.69, 9.17) is 0 Å². The summed E-state index contributed by atoms with van der Waals surface area (Å²) in [6.45, 7) is 4.05. The molecule has 0 spiro atoms. The van der Waals surface area contributed by atoms with Gasteiger partial charge in [0.25, 0.3) is 5.91 Å². The molecule has 0 aliphatic heterocycles. The van der Waals surface area contributed by atoms with Crippen LogP contribution < -0.4 is 10.6 Å². The van der Waals surface area contributed by atoms with Gasteiger partial charge < -0.3 is 10.6 Å². The minimum Gasteiger partial charge on any atom is -0.350 e. The fraction of sp³-hybridized carbons (Fsp3) is 0.636. The van der Waals surface area contributed by atoms with Crippen LogP contribution in [0, 0.1) is 23.2 Å². The van der Waals surface area contributed by atoms with Crippen molar-refractivity contribution in [1.29, 1.82) is 0 Å². The first kappa shape index (κ1) is 17.6. The molecule has 26 heavy (non-hydrogen) atoms. The minimum atomic E-state index is -0.138. The smallest absolute Gasteiger partial charge is 0.251 e. The first-order valence-electron chi connectivity index (χ1n) is 10.2. The van der Waals surface area contributed by atoms with E-state index in [1.54, 1.807) is 12.1 Å². The van der Waals surface area contributed by atoms with E-state index in [9.17, 15) is 9.59 Å². The second-order valence-corrected chi connectivity index (χ2v) is 9.01. The molecule has 0 saturated heterocycles. The zero-order chi connectivity index (χ0) is 18.3. The molecule has 4 nitrogen and oxygen atoms in total. The first-order valence-corrected chi connectivity index (χ1v) is 10.2. The predicted octanol–water partition coefficient (Wildman–Crippen LogP) is 4.37. The third-order valence-electron chi connectivity index (χ3n) is 6.91. The monoisotopic (exact) mass is 354 g/mol. The van der Waals surface area contributed by atoms with Crippen LogP contribution in [-0.4, -0.2) is 17.9 Å². The van der Waals surface area contributed by atoms with Crippen LogP contribution in [0.2, 0.25) is 0 Å². The summed E-state index contributed by atoms with van der Waals surface area (Å²) in [5.41, 5.74) is 1.30. The Morgan fingerprint density at radius 3 is 2.08 bits per heavy atom. The van der Waals surface area contributed by atoms with Crippen LogP contribution in [0.4, 0.5) is 5.69 Å². The summed E-state index contributed by atoms with van der Waals surface area (Å²) in [6, 6.07) is 7.46. The van der Waals surface area contributed by atoms with Crippen LogP contribution in [0.25, 0.3) is 0 Å². The highest BCUT2D eigenvalue weighted by atomic mass is 16.2. The van der Waals surface area contributed by atoms with Crippen LogP contribution in [-0.2, 0) is 4.79 Å². The molecule has 1 unspecified atom stereocenters. The molecule has 2 N–H and O–H groups in total. The van der Waals surface area contributed by atoms with Gasteiger partial charge in [-0.15, -0.1) is 0 Å². The maximum atomic E-state index is 13.1. The van der Waals surface area contributed by atoms with Gasteiger partial charge in [0, 0.05) is 17.3 Å². The number of carbonyl (C=O) groups is 2. The Labute approximate surface area is 156 Å². The Morgan fingerprint density at radius 1 is 1.04 bits per heavy atom. The summed E-state index contributed by atoms with van der Waals surface area (Å²) in [7, 11) is 0. The van der Waals surface area contributed by atoms with Crippen LogP contribution in [0.5, 0.6) is 0 Å². The molecule has 0 radical (unpaired) electrons. The molecule has 4 aliphatic rings. The van der Waals surface area contributed by atoms with E-state index >= 15 is 0 Å². The molecule has 4 bridgehead atoms. The van der Waals surface area contributed by atoms with Crippen molar-refractivity contribution in [3.05, 3.63) is 29.8 Å². The summed E-state index contributed by atoms with van der Waals surface area (Å²) in [5, 5.41) is 6.12. The molecule has 140 valence electrons. The molecule has 0 aromatic heterocycles. The number of nitrogens with one attached hydrogen (secondary N) is 2. The predicted molar refractivity (Wildman–Crippen MR) is 103 cm³/mol. The zero-order valence-electron chi connectivity index (χ0n) is 15.9. The van der Waals surface area contributed by atoms with Gasteiger partial charge in [-0.05, 0) is 93.9 Å². The van der Waals surface area contributed by atoms with Gasteiger partial charge in [-0.3, -0.25) is 9.59 Å². The molecule has 1 atom stereocenters.